The quantitative estimate of drug-likeness (QED) is 0.550. The van der Waals surface area contributed by atoms with Gasteiger partial charge in [0.05, 0.1) is 10.8 Å². The van der Waals surface area contributed by atoms with E-state index in [1.165, 1.54) is 11.8 Å². The van der Waals surface area contributed by atoms with E-state index >= 15 is 0 Å². The average Bonchev–Trinajstić information content (AvgIpc) is 2.94. The number of nitrogens with one attached hydrogen (secondary N) is 1. The zero-order valence-corrected chi connectivity index (χ0v) is 15.6. The molecule has 0 fully saturated rings. The van der Waals surface area contributed by atoms with Crippen LogP contribution >= 0.6 is 35.0 Å². The first kappa shape index (κ1) is 18.8. The summed E-state index contributed by atoms with van der Waals surface area (Å²) in [6.07, 6.45) is 2.65. The molecule has 0 atom stereocenters. The Kier molecular flexibility index (Phi) is 7.15. The number of hydrogen-bond donors (Lipinski definition) is 1. The SMILES string of the molecule is C=CCn1c(SCC(=O)NCCC)nnc1-c1ccc(Cl)cc1Cl. The number of amides is 1. The van der Waals surface area contributed by atoms with Crippen LogP contribution in [0.5, 0.6) is 0 Å². The maximum absolute atomic E-state index is 11.8. The van der Waals surface area contributed by atoms with Gasteiger partial charge < -0.3 is 5.32 Å². The highest BCUT2D eigenvalue weighted by Gasteiger charge is 2.17. The van der Waals surface area contributed by atoms with Crippen molar-refractivity contribution >= 4 is 40.9 Å². The van der Waals surface area contributed by atoms with E-state index in [0.29, 0.717) is 34.1 Å². The van der Waals surface area contributed by atoms with Crippen LogP contribution in [0.3, 0.4) is 0 Å². The van der Waals surface area contributed by atoms with Gasteiger partial charge in [0.2, 0.25) is 5.91 Å². The van der Waals surface area contributed by atoms with Gasteiger partial charge in [-0.15, -0.1) is 16.8 Å². The lowest BCUT2D eigenvalue weighted by Gasteiger charge is -2.09. The fraction of sp³-hybridized carbons (Fsp3) is 0.312. The smallest absolute Gasteiger partial charge is 0.230 e. The summed E-state index contributed by atoms with van der Waals surface area (Å²) in [5.41, 5.74) is 0.734. The van der Waals surface area contributed by atoms with Gasteiger partial charge in [0.15, 0.2) is 11.0 Å². The lowest BCUT2D eigenvalue weighted by atomic mass is 10.2. The molecule has 0 unspecified atom stereocenters. The lowest BCUT2D eigenvalue weighted by Crippen LogP contribution is -2.25. The zero-order chi connectivity index (χ0) is 17.5. The Bertz CT molecular complexity index is 733. The van der Waals surface area contributed by atoms with Crippen molar-refractivity contribution in [1.29, 1.82) is 0 Å². The van der Waals surface area contributed by atoms with Crippen LogP contribution in [0.25, 0.3) is 11.4 Å². The molecule has 0 saturated heterocycles. The maximum atomic E-state index is 11.8. The van der Waals surface area contributed by atoms with Gasteiger partial charge in [0.1, 0.15) is 0 Å². The molecule has 0 aliphatic carbocycles. The van der Waals surface area contributed by atoms with E-state index in [-0.39, 0.29) is 11.7 Å². The molecule has 1 aromatic heterocycles. The van der Waals surface area contributed by atoms with Gasteiger partial charge >= 0.3 is 0 Å². The predicted octanol–water partition coefficient (Wildman–Crippen LogP) is 4.06. The maximum Gasteiger partial charge on any atom is 0.230 e. The number of allylic oxidation sites excluding steroid dienone is 1. The number of halogens is 2. The molecule has 1 heterocycles. The number of benzene rings is 1. The van der Waals surface area contributed by atoms with E-state index < -0.39 is 0 Å². The van der Waals surface area contributed by atoms with Crippen molar-refractivity contribution in [2.45, 2.75) is 25.0 Å². The average molecular weight is 385 g/mol. The van der Waals surface area contributed by atoms with E-state index in [2.05, 4.69) is 22.1 Å². The normalized spacial score (nSPS) is 10.6. The van der Waals surface area contributed by atoms with Crippen LogP contribution < -0.4 is 5.32 Å². The molecule has 0 bridgehead atoms. The summed E-state index contributed by atoms with van der Waals surface area (Å²) in [6, 6.07) is 5.22. The Labute approximate surface area is 155 Å². The highest BCUT2D eigenvalue weighted by Crippen LogP contribution is 2.31. The van der Waals surface area contributed by atoms with Crippen LogP contribution in [0, 0.1) is 0 Å². The Balaban J connectivity index is 2.23. The van der Waals surface area contributed by atoms with Gasteiger partial charge in [0, 0.05) is 23.7 Å². The first-order chi connectivity index (χ1) is 11.6. The van der Waals surface area contributed by atoms with Crippen molar-refractivity contribution in [3.63, 3.8) is 0 Å². The lowest BCUT2D eigenvalue weighted by molar-refractivity contribution is -0.118. The first-order valence-electron chi connectivity index (χ1n) is 7.45. The minimum atomic E-state index is -0.0268. The van der Waals surface area contributed by atoms with Crippen molar-refractivity contribution in [3.8, 4) is 11.4 Å². The molecule has 24 heavy (non-hydrogen) atoms. The second-order valence-corrected chi connectivity index (χ2v) is 6.75. The van der Waals surface area contributed by atoms with Gasteiger partial charge in [-0.3, -0.25) is 9.36 Å². The van der Waals surface area contributed by atoms with Crippen molar-refractivity contribution < 1.29 is 4.79 Å². The second-order valence-electron chi connectivity index (χ2n) is 4.97. The highest BCUT2D eigenvalue weighted by atomic mass is 35.5. The first-order valence-corrected chi connectivity index (χ1v) is 9.20. The molecule has 0 aliphatic heterocycles. The van der Waals surface area contributed by atoms with E-state index in [0.717, 1.165) is 12.0 Å². The molecule has 2 aromatic rings. The van der Waals surface area contributed by atoms with E-state index in [4.69, 9.17) is 23.2 Å². The molecule has 8 heteroatoms. The van der Waals surface area contributed by atoms with Crippen molar-refractivity contribution in [3.05, 3.63) is 40.9 Å². The third-order valence-corrected chi connectivity index (χ3v) is 4.62. The number of thioether (sulfide) groups is 1. The number of carbonyl (C=O) groups excluding carboxylic acids is 1. The highest BCUT2D eigenvalue weighted by molar-refractivity contribution is 7.99. The molecule has 128 valence electrons. The van der Waals surface area contributed by atoms with E-state index in [1.807, 2.05) is 11.5 Å². The molecule has 0 saturated carbocycles. The summed E-state index contributed by atoms with van der Waals surface area (Å²) in [5, 5.41) is 12.9. The second kappa shape index (κ2) is 9.11. The Morgan fingerprint density at radius 3 is 2.88 bits per heavy atom. The van der Waals surface area contributed by atoms with Crippen LogP contribution in [0.2, 0.25) is 10.0 Å². The Hall–Kier alpha value is -1.50. The molecule has 0 spiro atoms. The minimum Gasteiger partial charge on any atom is -0.355 e. The summed E-state index contributed by atoms with van der Waals surface area (Å²) in [6.45, 7) is 6.96. The Morgan fingerprint density at radius 2 is 2.21 bits per heavy atom. The van der Waals surface area contributed by atoms with Gasteiger partial charge in [-0.1, -0.05) is 48.0 Å². The number of carbonyl (C=O) groups is 1. The molecule has 2 rings (SSSR count). The van der Waals surface area contributed by atoms with Gasteiger partial charge in [-0.2, -0.15) is 0 Å². The number of rotatable bonds is 8. The summed E-state index contributed by atoms with van der Waals surface area (Å²) in [4.78, 5) is 11.8. The number of hydrogen-bond acceptors (Lipinski definition) is 4. The molecule has 0 radical (unpaired) electrons. The standard InChI is InChI=1S/C16H18Cl2N4OS/c1-3-7-19-14(23)10-24-16-21-20-15(22(16)8-4-2)12-6-5-11(17)9-13(12)18/h4-6,9H,2-3,7-8,10H2,1H3,(H,19,23). The van der Waals surface area contributed by atoms with Crippen molar-refractivity contribution in [1.82, 2.24) is 20.1 Å². The summed E-state index contributed by atoms with van der Waals surface area (Å²) in [5.74, 6) is 0.873. The molecule has 1 amide bonds. The monoisotopic (exact) mass is 384 g/mol. The molecular formula is C16H18Cl2N4OS. The fourth-order valence-corrected chi connectivity index (χ4v) is 3.28. The Morgan fingerprint density at radius 1 is 1.42 bits per heavy atom. The van der Waals surface area contributed by atoms with Gasteiger partial charge in [0.25, 0.3) is 0 Å². The summed E-state index contributed by atoms with van der Waals surface area (Å²) in [7, 11) is 0. The minimum absolute atomic E-state index is 0.0268. The van der Waals surface area contributed by atoms with Crippen LogP contribution in [0.15, 0.2) is 36.0 Å². The van der Waals surface area contributed by atoms with E-state index in [9.17, 15) is 4.79 Å². The van der Waals surface area contributed by atoms with Crippen molar-refractivity contribution in [2.75, 3.05) is 12.3 Å². The fourth-order valence-electron chi connectivity index (χ4n) is 2.00. The van der Waals surface area contributed by atoms with Crippen molar-refractivity contribution in [2.24, 2.45) is 0 Å². The molecule has 1 N–H and O–H groups in total. The van der Waals surface area contributed by atoms with Crippen LogP contribution in [0.1, 0.15) is 13.3 Å². The third-order valence-electron chi connectivity index (χ3n) is 3.11. The topological polar surface area (TPSA) is 59.8 Å². The largest absolute Gasteiger partial charge is 0.355 e. The summed E-state index contributed by atoms with van der Waals surface area (Å²) < 4.78 is 1.87. The molecular weight excluding hydrogens is 367 g/mol. The van der Waals surface area contributed by atoms with Crippen LogP contribution in [-0.2, 0) is 11.3 Å². The zero-order valence-electron chi connectivity index (χ0n) is 13.3. The van der Waals surface area contributed by atoms with Crippen LogP contribution in [-0.4, -0.2) is 33.0 Å². The number of aromatic nitrogens is 3. The summed E-state index contributed by atoms with van der Waals surface area (Å²) >= 11 is 13.5. The van der Waals surface area contributed by atoms with Crippen LogP contribution in [0.4, 0.5) is 0 Å². The molecule has 1 aromatic carbocycles. The molecule has 0 aliphatic rings. The third kappa shape index (κ3) is 4.75. The molecule has 5 nitrogen and oxygen atoms in total. The van der Waals surface area contributed by atoms with Gasteiger partial charge in [-0.05, 0) is 24.6 Å². The van der Waals surface area contributed by atoms with Gasteiger partial charge in [-0.25, -0.2) is 0 Å². The number of nitrogens with zero attached hydrogens (tertiary/aromatic N) is 3. The predicted molar refractivity (Wildman–Crippen MR) is 99.7 cm³/mol. The van der Waals surface area contributed by atoms with E-state index in [1.54, 1.807) is 24.3 Å².